The maximum atomic E-state index is 11.6. The first kappa shape index (κ1) is 29.1. The van der Waals surface area contributed by atoms with Crippen molar-refractivity contribution in [1.29, 1.82) is 0 Å². The molecule has 0 aliphatic heterocycles. The largest absolute Gasteiger partial charge is 0.399 e. The molecule has 0 heterocycles. The molecule has 0 unspecified atom stereocenters. The molecule has 0 aliphatic carbocycles. The first-order chi connectivity index (χ1) is 12.1. The molecule has 1 radical (unpaired) electrons. The summed E-state index contributed by atoms with van der Waals surface area (Å²) in [7, 11) is -3.79. The van der Waals surface area contributed by atoms with E-state index in [9.17, 15) is 8.42 Å². The molecule has 0 atom stereocenters. The smallest absolute Gasteiger partial charge is 0.248 e. The molecule has 0 saturated carbocycles. The summed E-state index contributed by atoms with van der Waals surface area (Å²) < 4.78 is 33.0. The van der Waals surface area contributed by atoms with Crippen LogP contribution in [-0.4, -0.2) is 51.2 Å². The minimum Gasteiger partial charge on any atom is -0.248 e. The van der Waals surface area contributed by atoms with E-state index in [1.807, 2.05) is 0 Å². The van der Waals surface area contributed by atoms with Crippen molar-refractivity contribution in [3.8, 4) is 0 Å². The maximum absolute atomic E-state index is 11.6. The van der Waals surface area contributed by atoms with Gasteiger partial charge < -0.3 is 0 Å². The monoisotopic (exact) mass is 401 g/mol. The third-order valence-corrected chi connectivity index (χ3v) is 5.36. The Labute approximate surface area is 185 Å². The van der Waals surface area contributed by atoms with Crippen molar-refractivity contribution in [3.63, 3.8) is 0 Å². The molecule has 0 rings (SSSR count). The van der Waals surface area contributed by atoms with E-state index >= 15 is 0 Å². The molecule has 0 spiro atoms. The summed E-state index contributed by atoms with van der Waals surface area (Å²) in [6, 6.07) is 0. The minimum absolute atomic E-state index is 0. The van der Waals surface area contributed by atoms with Crippen molar-refractivity contribution >= 4 is 40.0 Å². The summed E-state index contributed by atoms with van der Waals surface area (Å²) in [6.45, 7) is 4.92. The van der Waals surface area contributed by atoms with E-state index in [2.05, 4.69) is 13.8 Å². The fourth-order valence-corrected chi connectivity index (χ4v) is 3.54. The van der Waals surface area contributed by atoms with Gasteiger partial charge >= 0.3 is 10.4 Å². The van der Waals surface area contributed by atoms with Crippen LogP contribution >= 0.6 is 0 Å². The van der Waals surface area contributed by atoms with Gasteiger partial charge in [-0.25, -0.2) is 8.37 Å². The molecular weight excluding hydrogens is 359 g/mol. The second-order valence-corrected chi connectivity index (χ2v) is 8.29. The van der Waals surface area contributed by atoms with E-state index in [1.165, 1.54) is 64.2 Å². The Hall–Kier alpha value is 0.870. The number of hydrogen-bond acceptors (Lipinski definition) is 4. The Morgan fingerprint density at radius 3 is 1.08 bits per heavy atom. The topological polar surface area (TPSA) is 52.6 Å². The summed E-state index contributed by atoms with van der Waals surface area (Å²) in [4.78, 5) is 0. The second-order valence-electron chi connectivity index (χ2n) is 7.00. The molecule has 0 bridgehead atoms. The van der Waals surface area contributed by atoms with Crippen LogP contribution in [-0.2, 0) is 18.8 Å². The summed E-state index contributed by atoms with van der Waals surface area (Å²) in [5, 5.41) is 0. The molecular formula is C20H42NaO4S. The van der Waals surface area contributed by atoms with Crippen LogP contribution in [0.3, 0.4) is 0 Å². The van der Waals surface area contributed by atoms with Crippen LogP contribution in [0.15, 0.2) is 0 Å². The van der Waals surface area contributed by atoms with E-state index in [4.69, 9.17) is 8.37 Å². The molecule has 0 aliphatic rings. The Bertz CT molecular complexity index is 333. The van der Waals surface area contributed by atoms with Gasteiger partial charge in [-0.15, -0.1) is 0 Å². The third-order valence-electron chi connectivity index (χ3n) is 4.45. The zero-order valence-corrected chi connectivity index (χ0v) is 20.6. The molecule has 0 N–H and O–H groups in total. The molecule has 0 aromatic rings. The van der Waals surface area contributed by atoms with E-state index in [0.717, 1.165) is 38.5 Å². The predicted octanol–water partition coefficient (Wildman–Crippen LogP) is 6.17. The number of rotatable bonds is 20. The molecule has 0 fully saturated rings. The first-order valence-electron chi connectivity index (χ1n) is 10.7. The van der Waals surface area contributed by atoms with Gasteiger partial charge in [-0.05, 0) is 12.8 Å². The molecule has 0 amide bonds. The third kappa shape index (κ3) is 22.9. The fraction of sp³-hybridized carbons (Fsp3) is 1.00. The Morgan fingerprint density at radius 1 is 0.500 bits per heavy atom. The van der Waals surface area contributed by atoms with Crippen LogP contribution in [0, 0.1) is 0 Å². The Kier molecular flexibility index (Phi) is 24.8. The van der Waals surface area contributed by atoms with Gasteiger partial charge in [0.15, 0.2) is 0 Å². The summed E-state index contributed by atoms with van der Waals surface area (Å²) in [5.74, 6) is 0. The van der Waals surface area contributed by atoms with E-state index < -0.39 is 10.4 Å². The Morgan fingerprint density at radius 2 is 0.769 bits per heavy atom. The van der Waals surface area contributed by atoms with Gasteiger partial charge in [0.05, 0.1) is 13.2 Å². The molecule has 26 heavy (non-hydrogen) atoms. The van der Waals surface area contributed by atoms with Crippen molar-refractivity contribution in [2.45, 2.75) is 117 Å². The molecule has 0 aromatic heterocycles. The van der Waals surface area contributed by atoms with Crippen molar-refractivity contribution in [2.75, 3.05) is 13.2 Å². The first-order valence-corrected chi connectivity index (χ1v) is 12.0. The van der Waals surface area contributed by atoms with E-state index in [0.29, 0.717) is 0 Å². The standard InChI is InChI=1S/C20H42O4S.Na/c1-3-5-7-9-11-13-15-17-19-23-25(21,22)24-20-18-16-14-12-10-8-6-4-2;/h3-20H2,1-2H3;. The van der Waals surface area contributed by atoms with Gasteiger partial charge in [0.25, 0.3) is 0 Å². The van der Waals surface area contributed by atoms with Crippen LogP contribution in [0.5, 0.6) is 0 Å². The van der Waals surface area contributed by atoms with Crippen LogP contribution in [0.2, 0.25) is 0 Å². The van der Waals surface area contributed by atoms with Crippen LogP contribution in [0.25, 0.3) is 0 Å². The Balaban J connectivity index is 0. The molecule has 4 nitrogen and oxygen atoms in total. The zero-order chi connectivity index (χ0) is 18.6. The van der Waals surface area contributed by atoms with Crippen LogP contribution < -0.4 is 0 Å². The van der Waals surface area contributed by atoms with Crippen molar-refractivity contribution in [1.82, 2.24) is 0 Å². The molecule has 153 valence electrons. The minimum atomic E-state index is -3.79. The van der Waals surface area contributed by atoms with Gasteiger partial charge in [-0.3, -0.25) is 0 Å². The van der Waals surface area contributed by atoms with Gasteiger partial charge in [0, 0.05) is 29.6 Å². The summed E-state index contributed by atoms with van der Waals surface area (Å²) >= 11 is 0. The SMILES string of the molecule is CCCCCCCCCCOS(=O)(=O)OCCCCCCCCCC.[Na]. The van der Waals surface area contributed by atoms with Crippen molar-refractivity contribution < 1.29 is 16.8 Å². The number of hydrogen-bond donors (Lipinski definition) is 0. The van der Waals surface area contributed by atoms with Gasteiger partial charge in [-0.2, -0.15) is 8.42 Å². The van der Waals surface area contributed by atoms with E-state index in [-0.39, 0.29) is 42.8 Å². The van der Waals surface area contributed by atoms with Gasteiger partial charge in [0.1, 0.15) is 0 Å². The second kappa shape index (κ2) is 22.2. The zero-order valence-electron chi connectivity index (χ0n) is 17.8. The molecule has 0 aromatic carbocycles. The average molecular weight is 402 g/mol. The number of unbranched alkanes of at least 4 members (excludes halogenated alkanes) is 14. The van der Waals surface area contributed by atoms with Crippen LogP contribution in [0.1, 0.15) is 117 Å². The fourth-order valence-electron chi connectivity index (χ4n) is 2.83. The van der Waals surface area contributed by atoms with Crippen molar-refractivity contribution in [2.24, 2.45) is 0 Å². The van der Waals surface area contributed by atoms with Crippen LogP contribution in [0.4, 0.5) is 0 Å². The molecule has 6 heteroatoms. The normalized spacial score (nSPS) is 11.5. The maximum Gasteiger partial charge on any atom is 0.399 e. The summed E-state index contributed by atoms with van der Waals surface area (Å²) in [6.07, 6.45) is 18.8. The van der Waals surface area contributed by atoms with E-state index in [1.54, 1.807) is 0 Å². The summed E-state index contributed by atoms with van der Waals surface area (Å²) in [5.41, 5.74) is 0. The van der Waals surface area contributed by atoms with Gasteiger partial charge in [0.2, 0.25) is 0 Å². The predicted molar refractivity (Wildman–Crippen MR) is 112 cm³/mol. The average Bonchev–Trinajstić information content (AvgIpc) is 2.59. The van der Waals surface area contributed by atoms with Gasteiger partial charge in [-0.1, -0.05) is 104 Å². The molecule has 0 saturated heterocycles. The quantitative estimate of drug-likeness (QED) is 0.181. The van der Waals surface area contributed by atoms with Crippen molar-refractivity contribution in [3.05, 3.63) is 0 Å².